The van der Waals surface area contributed by atoms with E-state index in [-0.39, 0.29) is 0 Å². The van der Waals surface area contributed by atoms with Crippen LogP contribution in [0.5, 0.6) is 0 Å². The number of rotatable bonds is 4. The molecule has 0 aliphatic carbocycles. The zero-order valence-electron chi connectivity index (χ0n) is 11.7. The summed E-state index contributed by atoms with van der Waals surface area (Å²) in [5, 5.41) is 12.4. The average Bonchev–Trinajstić information content (AvgIpc) is 2.45. The van der Waals surface area contributed by atoms with Gasteiger partial charge < -0.3 is 5.32 Å². The molecular weight excluding hydrogens is 312 g/mol. The molecule has 2 rings (SSSR count). The maximum Gasteiger partial charge on any atom is 0.101 e. The molecule has 0 bridgehead atoms. The molecule has 0 spiro atoms. The van der Waals surface area contributed by atoms with Crippen LogP contribution in [-0.2, 0) is 6.54 Å². The van der Waals surface area contributed by atoms with Crippen LogP contribution in [-0.4, -0.2) is 0 Å². The first-order valence-corrected chi connectivity index (χ1v) is 7.42. The van der Waals surface area contributed by atoms with Gasteiger partial charge in [-0.05, 0) is 35.2 Å². The van der Waals surface area contributed by atoms with E-state index in [4.69, 9.17) is 5.26 Å². The van der Waals surface area contributed by atoms with Crippen molar-refractivity contribution in [2.75, 3.05) is 5.32 Å². The van der Waals surface area contributed by atoms with Gasteiger partial charge in [0.05, 0.1) is 11.3 Å². The molecule has 0 aromatic heterocycles. The van der Waals surface area contributed by atoms with E-state index in [1.807, 2.05) is 18.2 Å². The fourth-order valence-corrected chi connectivity index (χ4v) is 2.34. The second kappa shape index (κ2) is 6.58. The molecule has 2 aromatic rings. The lowest BCUT2D eigenvalue weighted by Crippen LogP contribution is -2.01. The average molecular weight is 329 g/mol. The van der Waals surface area contributed by atoms with E-state index in [0.29, 0.717) is 18.0 Å². The SMILES string of the molecule is CC(C)c1ccc(CNc2cc(Br)ccc2C#N)cc1. The van der Waals surface area contributed by atoms with Gasteiger partial charge in [0.15, 0.2) is 0 Å². The highest BCUT2D eigenvalue weighted by Crippen LogP contribution is 2.22. The predicted octanol–water partition coefficient (Wildman–Crippen LogP) is 5.06. The van der Waals surface area contributed by atoms with Crippen LogP contribution in [0, 0.1) is 11.3 Å². The summed E-state index contributed by atoms with van der Waals surface area (Å²) >= 11 is 3.43. The maximum atomic E-state index is 9.10. The zero-order chi connectivity index (χ0) is 14.5. The molecule has 0 unspecified atom stereocenters. The lowest BCUT2D eigenvalue weighted by molar-refractivity contribution is 0.865. The van der Waals surface area contributed by atoms with Crippen LogP contribution < -0.4 is 5.32 Å². The maximum absolute atomic E-state index is 9.10. The van der Waals surface area contributed by atoms with Crippen molar-refractivity contribution in [2.24, 2.45) is 0 Å². The third-order valence-electron chi connectivity index (χ3n) is 3.23. The van der Waals surface area contributed by atoms with Crippen LogP contribution >= 0.6 is 15.9 Å². The molecule has 0 heterocycles. The molecule has 3 heteroatoms. The monoisotopic (exact) mass is 328 g/mol. The quantitative estimate of drug-likeness (QED) is 0.851. The van der Waals surface area contributed by atoms with Crippen LogP contribution in [0.4, 0.5) is 5.69 Å². The van der Waals surface area contributed by atoms with Gasteiger partial charge in [0, 0.05) is 11.0 Å². The van der Waals surface area contributed by atoms with Crippen molar-refractivity contribution in [1.29, 1.82) is 5.26 Å². The molecule has 20 heavy (non-hydrogen) atoms. The minimum Gasteiger partial charge on any atom is -0.380 e. The zero-order valence-corrected chi connectivity index (χ0v) is 13.2. The lowest BCUT2D eigenvalue weighted by Gasteiger charge is -2.10. The first-order valence-electron chi connectivity index (χ1n) is 6.62. The van der Waals surface area contributed by atoms with Crippen LogP contribution in [0.3, 0.4) is 0 Å². The fraction of sp³-hybridized carbons (Fsp3) is 0.235. The number of halogens is 1. The molecule has 0 aliphatic heterocycles. The first-order chi connectivity index (χ1) is 9.60. The topological polar surface area (TPSA) is 35.8 Å². The van der Waals surface area contributed by atoms with Gasteiger partial charge in [-0.3, -0.25) is 0 Å². The van der Waals surface area contributed by atoms with Crippen molar-refractivity contribution < 1.29 is 0 Å². The Bertz CT molecular complexity index is 624. The molecule has 0 saturated carbocycles. The van der Waals surface area contributed by atoms with Gasteiger partial charge >= 0.3 is 0 Å². The molecule has 0 radical (unpaired) electrons. The number of benzene rings is 2. The summed E-state index contributed by atoms with van der Waals surface area (Å²) in [6.45, 7) is 5.09. The Balaban J connectivity index is 2.09. The normalized spacial score (nSPS) is 10.3. The van der Waals surface area contributed by atoms with Gasteiger partial charge in [-0.1, -0.05) is 54.0 Å². The lowest BCUT2D eigenvalue weighted by atomic mass is 10.0. The summed E-state index contributed by atoms with van der Waals surface area (Å²) in [6, 6.07) is 16.4. The Morgan fingerprint density at radius 3 is 2.45 bits per heavy atom. The summed E-state index contributed by atoms with van der Waals surface area (Å²) in [5.41, 5.74) is 4.06. The van der Waals surface area contributed by atoms with Gasteiger partial charge in [0.2, 0.25) is 0 Å². The smallest absolute Gasteiger partial charge is 0.101 e. The Labute approximate surface area is 128 Å². The number of anilines is 1. The molecular formula is C17H17BrN2. The van der Waals surface area contributed by atoms with Crippen molar-refractivity contribution in [3.63, 3.8) is 0 Å². The standard InChI is InChI=1S/C17H17BrN2/c1-12(2)14-5-3-13(4-6-14)11-20-17-9-16(18)8-7-15(17)10-19/h3-9,12,20H,11H2,1-2H3. The summed E-state index contributed by atoms with van der Waals surface area (Å²) in [4.78, 5) is 0. The van der Waals surface area contributed by atoms with Gasteiger partial charge in [-0.15, -0.1) is 0 Å². The van der Waals surface area contributed by atoms with Crippen molar-refractivity contribution >= 4 is 21.6 Å². The van der Waals surface area contributed by atoms with Crippen molar-refractivity contribution in [2.45, 2.75) is 26.3 Å². The third kappa shape index (κ3) is 3.61. The minimum atomic E-state index is 0.548. The van der Waals surface area contributed by atoms with E-state index in [1.165, 1.54) is 11.1 Å². The molecule has 0 atom stereocenters. The molecule has 102 valence electrons. The minimum absolute atomic E-state index is 0.548. The second-order valence-corrected chi connectivity index (χ2v) is 5.97. The summed E-state index contributed by atoms with van der Waals surface area (Å²) in [5.74, 6) is 0.548. The molecule has 1 N–H and O–H groups in total. The van der Waals surface area contributed by atoms with E-state index in [0.717, 1.165) is 10.2 Å². The van der Waals surface area contributed by atoms with Crippen molar-refractivity contribution in [3.8, 4) is 6.07 Å². The number of hydrogen-bond donors (Lipinski definition) is 1. The van der Waals surface area contributed by atoms with Crippen LogP contribution in [0.15, 0.2) is 46.9 Å². The van der Waals surface area contributed by atoms with Crippen LogP contribution in [0.2, 0.25) is 0 Å². The molecule has 0 aliphatic rings. The van der Waals surface area contributed by atoms with Gasteiger partial charge in [-0.2, -0.15) is 5.26 Å². The molecule has 0 fully saturated rings. The van der Waals surface area contributed by atoms with E-state index >= 15 is 0 Å². The highest BCUT2D eigenvalue weighted by Gasteiger charge is 2.03. The van der Waals surface area contributed by atoms with Gasteiger partial charge in [-0.25, -0.2) is 0 Å². The highest BCUT2D eigenvalue weighted by atomic mass is 79.9. The summed E-state index contributed by atoms with van der Waals surface area (Å²) < 4.78 is 0.967. The molecule has 0 amide bonds. The van der Waals surface area contributed by atoms with Crippen molar-refractivity contribution in [3.05, 3.63) is 63.6 Å². The number of hydrogen-bond acceptors (Lipinski definition) is 2. The van der Waals surface area contributed by atoms with Crippen molar-refractivity contribution in [1.82, 2.24) is 0 Å². The van der Waals surface area contributed by atoms with E-state index in [1.54, 1.807) is 0 Å². The summed E-state index contributed by atoms with van der Waals surface area (Å²) in [7, 11) is 0. The number of nitriles is 1. The van der Waals surface area contributed by atoms with Gasteiger partial charge in [0.1, 0.15) is 6.07 Å². The Hall–Kier alpha value is -1.79. The Morgan fingerprint density at radius 1 is 1.15 bits per heavy atom. The third-order valence-corrected chi connectivity index (χ3v) is 3.72. The van der Waals surface area contributed by atoms with E-state index in [9.17, 15) is 0 Å². The molecule has 2 nitrogen and oxygen atoms in total. The summed E-state index contributed by atoms with van der Waals surface area (Å²) in [6.07, 6.45) is 0. The Kier molecular flexibility index (Phi) is 4.81. The largest absolute Gasteiger partial charge is 0.380 e. The molecule has 2 aromatic carbocycles. The fourth-order valence-electron chi connectivity index (χ4n) is 1.98. The van der Waals surface area contributed by atoms with E-state index in [2.05, 4.69) is 65.4 Å². The van der Waals surface area contributed by atoms with E-state index < -0.39 is 0 Å². The molecule has 0 saturated heterocycles. The number of nitrogens with one attached hydrogen (secondary N) is 1. The Morgan fingerprint density at radius 2 is 1.85 bits per heavy atom. The van der Waals surface area contributed by atoms with Crippen LogP contribution in [0.1, 0.15) is 36.5 Å². The first kappa shape index (κ1) is 14.6. The van der Waals surface area contributed by atoms with Crippen LogP contribution in [0.25, 0.3) is 0 Å². The van der Waals surface area contributed by atoms with Gasteiger partial charge in [0.25, 0.3) is 0 Å². The highest BCUT2D eigenvalue weighted by molar-refractivity contribution is 9.10. The number of nitrogens with zero attached hydrogens (tertiary/aromatic N) is 1. The predicted molar refractivity (Wildman–Crippen MR) is 86.7 cm³/mol. The second-order valence-electron chi connectivity index (χ2n) is 5.05.